The van der Waals surface area contributed by atoms with E-state index in [2.05, 4.69) is 24.5 Å². The molecular formula is C8H19NO2SSi. The van der Waals surface area contributed by atoms with E-state index in [1.807, 2.05) is 0 Å². The molecule has 1 heterocycles. The van der Waals surface area contributed by atoms with Crippen molar-refractivity contribution in [3.63, 3.8) is 0 Å². The summed E-state index contributed by atoms with van der Waals surface area (Å²) in [7, 11) is -3.76. The number of hydrogen-bond acceptors (Lipinski definition) is 3. The van der Waals surface area contributed by atoms with Gasteiger partial charge in [0.1, 0.15) is 0 Å². The van der Waals surface area contributed by atoms with Crippen molar-refractivity contribution in [1.82, 2.24) is 4.90 Å². The van der Waals surface area contributed by atoms with Gasteiger partial charge in [-0.2, -0.15) is 0 Å². The lowest BCUT2D eigenvalue weighted by Crippen LogP contribution is -2.47. The minimum atomic E-state index is -2.70. The first-order valence-corrected chi connectivity index (χ1v) is 10.2. The molecule has 0 amide bonds. The SMILES string of the molecule is C[Si](C)(C)CN1CCS(=O)(=O)CC1. The molecule has 5 heteroatoms. The Morgan fingerprint density at radius 2 is 1.62 bits per heavy atom. The van der Waals surface area contributed by atoms with Gasteiger partial charge in [-0.25, -0.2) is 8.42 Å². The Morgan fingerprint density at radius 1 is 1.15 bits per heavy atom. The maximum atomic E-state index is 11.1. The van der Waals surface area contributed by atoms with Crippen LogP contribution in [0.1, 0.15) is 0 Å². The molecule has 1 aliphatic rings. The lowest BCUT2D eigenvalue weighted by Gasteiger charge is -2.31. The fraction of sp³-hybridized carbons (Fsp3) is 1.00. The summed E-state index contributed by atoms with van der Waals surface area (Å²) in [5.41, 5.74) is 0. The summed E-state index contributed by atoms with van der Waals surface area (Å²) < 4.78 is 22.3. The van der Waals surface area contributed by atoms with E-state index >= 15 is 0 Å². The molecule has 1 saturated heterocycles. The van der Waals surface area contributed by atoms with E-state index in [4.69, 9.17) is 0 Å². The second kappa shape index (κ2) is 3.71. The molecule has 0 spiro atoms. The van der Waals surface area contributed by atoms with Crippen molar-refractivity contribution in [2.75, 3.05) is 30.8 Å². The van der Waals surface area contributed by atoms with Crippen LogP contribution in [0.2, 0.25) is 19.6 Å². The zero-order valence-corrected chi connectivity index (χ0v) is 10.5. The third kappa shape index (κ3) is 4.24. The Morgan fingerprint density at radius 3 is 2.00 bits per heavy atom. The first kappa shape index (κ1) is 11.2. The lowest BCUT2D eigenvalue weighted by molar-refractivity contribution is 0.337. The van der Waals surface area contributed by atoms with Gasteiger partial charge < -0.3 is 4.90 Å². The lowest BCUT2D eigenvalue weighted by atomic mass is 10.6. The zero-order chi connectivity index (χ0) is 10.1. The van der Waals surface area contributed by atoms with Crippen LogP contribution in [-0.2, 0) is 9.84 Å². The molecule has 0 unspecified atom stereocenters. The van der Waals surface area contributed by atoms with Gasteiger partial charge in [0.15, 0.2) is 9.84 Å². The minimum absolute atomic E-state index is 0.359. The van der Waals surface area contributed by atoms with Gasteiger partial charge in [0.05, 0.1) is 19.6 Å². The molecule has 0 aliphatic carbocycles. The highest BCUT2D eigenvalue weighted by Gasteiger charge is 2.25. The highest BCUT2D eigenvalue weighted by molar-refractivity contribution is 7.91. The summed E-state index contributed by atoms with van der Waals surface area (Å²) >= 11 is 0. The van der Waals surface area contributed by atoms with Crippen LogP contribution in [0.3, 0.4) is 0 Å². The average molecular weight is 221 g/mol. The topological polar surface area (TPSA) is 37.4 Å². The first-order chi connectivity index (χ1) is 5.79. The third-order valence-corrected chi connectivity index (χ3v) is 5.14. The van der Waals surface area contributed by atoms with Crippen molar-refractivity contribution in [1.29, 1.82) is 0 Å². The van der Waals surface area contributed by atoms with Gasteiger partial charge in [-0.3, -0.25) is 0 Å². The Balaban J connectivity index is 2.43. The Hall–Kier alpha value is 0.127. The summed E-state index contributed by atoms with van der Waals surface area (Å²) in [6, 6.07) is 0. The van der Waals surface area contributed by atoms with Crippen LogP contribution in [0.25, 0.3) is 0 Å². The number of rotatable bonds is 2. The quantitative estimate of drug-likeness (QED) is 0.641. The minimum Gasteiger partial charge on any atom is -0.304 e. The van der Waals surface area contributed by atoms with E-state index in [1.54, 1.807) is 0 Å². The highest BCUT2D eigenvalue weighted by Crippen LogP contribution is 2.08. The second-order valence-electron chi connectivity index (χ2n) is 4.99. The standard InChI is InChI=1S/C8H19NO2SSi/c1-13(2,3)8-9-4-6-12(10,11)7-5-9/h4-8H2,1-3H3. The van der Waals surface area contributed by atoms with Crippen LogP contribution in [0.15, 0.2) is 0 Å². The Bertz CT molecular complexity index is 254. The molecule has 0 atom stereocenters. The second-order valence-corrected chi connectivity index (χ2v) is 12.7. The van der Waals surface area contributed by atoms with Crippen LogP contribution in [0.4, 0.5) is 0 Å². The van der Waals surface area contributed by atoms with E-state index in [-0.39, 0.29) is 0 Å². The molecule has 0 bridgehead atoms. The van der Waals surface area contributed by atoms with Crippen LogP contribution in [0.5, 0.6) is 0 Å². The van der Waals surface area contributed by atoms with E-state index in [0.29, 0.717) is 11.5 Å². The van der Waals surface area contributed by atoms with Gasteiger partial charge in [0.2, 0.25) is 0 Å². The van der Waals surface area contributed by atoms with Gasteiger partial charge in [-0.1, -0.05) is 19.6 Å². The molecule has 78 valence electrons. The van der Waals surface area contributed by atoms with Crippen molar-refractivity contribution in [3.05, 3.63) is 0 Å². The molecule has 0 aromatic heterocycles. The Labute approximate surface area is 82.1 Å². The molecule has 0 aromatic rings. The zero-order valence-electron chi connectivity index (χ0n) is 8.71. The molecule has 0 radical (unpaired) electrons. The first-order valence-electron chi connectivity index (χ1n) is 4.71. The fourth-order valence-corrected chi connectivity index (χ4v) is 4.51. The van der Waals surface area contributed by atoms with Crippen LogP contribution < -0.4 is 0 Å². The van der Waals surface area contributed by atoms with Gasteiger partial charge in [0, 0.05) is 13.1 Å². The molecule has 0 N–H and O–H groups in total. The molecule has 1 aliphatic heterocycles. The van der Waals surface area contributed by atoms with Crippen molar-refractivity contribution in [2.24, 2.45) is 0 Å². The monoisotopic (exact) mass is 221 g/mol. The van der Waals surface area contributed by atoms with Crippen molar-refractivity contribution < 1.29 is 8.42 Å². The van der Waals surface area contributed by atoms with Crippen molar-refractivity contribution in [3.8, 4) is 0 Å². The predicted octanol–water partition coefficient (Wildman–Crippen LogP) is 0.594. The van der Waals surface area contributed by atoms with E-state index in [1.165, 1.54) is 0 Å². The average Bonchev–Trinajstić information content (AvgIpc) is 1.91. The largest absolute Gasteiger partial charge is 0.304 e. The van der Waals surface area contributed by atoms with Gasteiger partial charge in [0.25, 0.3) is 0 Å². The third-order valence-electron chi connectivity index (χ3n) is 2.13. The summed E-state index contributed by atoms with van der Waals surface area (Å²) in [5.74, 6) is 0.717. The molecule has 1 fully saturated rings. The van der Waals surface area contributed by atoms with E-state index < -0.39 is 17.9 Å². The highest BCUT2D eigenvalue weighted by atomic mass is 32.2. The molecular weight excluding hydrogens is 202 g/mol. The molecule has 0 saturated carbocycles. The summed E-state index contributed by atoms with van der Waals surface area (Å²) in [5, 5.41) is 0. The molecule has 0 aromatic carbocycles. The fourth-order valence-electron chi connectivity index (χ4n) is 1.58. The smallest absolute Gasteiger partial charge is 0.152 e. The number of sulfone groups is 1. The van der Waals surface area contributed by atoms with Gasteiger partial charge in [-0.05, 0) is 6.17 Å². The Kier molecular flexibility index (Phi) is 3.19. The van der Waals surface area contributed by atoms with Gasteiger partial charge in [-0.15, -0.1) is 0 Å². The van der Waals surface area contributed by atoms with Crippen molar-refractivity contribution >= 4 is 17.9 Å². The summed E-state index contributed by atoms with van der Waals surface area (Å²) in [6.07, 6.45) is 1.13. The van der Waals surface area contributed by atoms with Crippen LogP contribution in [0, 0.1) is 0 Å². The van der Waals surface area contributed by atoms with Crippen LogP contribution >= 0.6 is 0 Å². The van der Waals surface area contributed by atoms with Crippen LogP contribution in [-0.4, -0.2) is 52.2 Å². The summed E-state index contributed by atoms with van der Waals surface area (Å²) in [4.78, 5) is 2.30. The number of hydrogen-bond donors (Lipinski definition) is 0. The molecule has 3 nitrogen and oxygen atoms in total. The number of nitrogens with zero attached hydrogens (tertiary/aromatic N) is 1. The predicted molar refractivity (Wildman–Crippen MR) is 58.4 cm³/mol. The normalized spacial score (nSPS) is 24.5. The summed E-state index contributed by atoms with van der Waals surface area (Å²) in [6.45, 7) is 8.43. The van der Waals surface area contributed by atoms with Gasteiger partial charge >= 0.3 is 0 Å². The van der Waals surface area contributed by atoms with E-state index in [9.17, 15) is 8.42 Å². The maximum Gasteiger partial charge on any atom is 0.152 e. The van der Waals surface area contributed by atoms with E-state index in [0.717, 1.165) is 19.3 Å². The molecule has 1 rings (SSSR count). The molecule has 13 heavy (non-hydrogen) atoms. The maximum absolute atomic E-state index is 11.1. The van der Waals surface area contributed by atoms with Crippen molar-refractivity contribution in [2.45, 2.75) is 19.6 Å².